The van der Waals surface area contributed by atoms with Gasteiger partial charge in [-0.2, -0.15) is 0 Å². The Morgan fingerprint density at radius 3 is 2.33 bits per heavy atom. The van der Waals surface area contributed by atoms with Gasteiger partial charge in [0.15, 0.2) is 0 Å². The van der Waals surface area contributed by atoms with E-state index in [1.807, 2.05) is 0 Å². The van der Waals surface area contributed by atoms with E-state index in [0.717, 1.165) is 6.54 Å². The van der Waals surface area contributed by atoms with Crippen molar-refractivity contribution in [1.82, 2.24) is 0 Å². The summed E-state index contributed by atoms with van der Waals surface area (Å²) in [5.74, 6) is 0. The van der Waals surface area contributed by atoms with Crippen LogP contribution in [0.25, 0.3) is 5.57 Å². The van der Waals surface area contributed by atoms with Crippen molar-refractivity contribution in [3.8, 4) is 0 Å². The molecule has 0 atom stereocenters. The van der Waals surface area contributed by atoms with Crippen LogP contribution in [0.5, 0.6) is 0 Å². The van der Waals surface area contributed by atoms with E-state index in [-0.39, 0.29) is 24.0 Å². The third-order valence-corrected chi connectivity index (χ3v) is 3.26. The van der Waals surface area contributed by atoms with E-state index in [0.29, 0.717) is 0 Å². The van der Waals surface area contributed by atoms with Gasteiger partial charge in [-0.3, -0.25) is 0 Å². The van der Waals surface area contributed by atoms with E-state index in [9.17, 15) is 0 Å². The first-order chi connectivity index (χ1) is 8.36. The molecule has 2 aromatic carbocycles. The molecular formula is C16H16IN. The maximum atomic E-state index is 2.30. The Hall–Kier alpha value is -1.29. The number of nitrogens with zero attached hydrogens (tertiary/aromatic N) is 1. The van der Waals surface area contributed by atoms with Crippen molar-refractivity contribution in [2.75, 3.05) is 18.5 Å². The van der Waals surface area contributed by atoms with E-state index in [2.05, 4.69) is 72.6 Å². The van der Waals surface area contributed by atoms with Gasteiger partial charge in [-0.25, -0.2) is 0 Å². The summed E-state index contributed by atoms with van der Waals surface area (Å²) in [4.78, 5) is 2.28. The van der Waals surface area contributed by atoms with Crippen molar-refractivity contribution in [3.05, 3.63) is 71.8 Å². The van der Waals surface area contributed by atoms with E-state index in [1.54, 1.807) is 0 Å². The Kier molecular flexibility index (Phi) is 4.07. The molecule has 3 rings (SSSR count). The van der Waals surface area contributed by atoms with Crippen molar-refractivity contribution in [2.24, 2.45) is 0 Å². The molecule has 0 aliphatic carbocycles. The second-order valence-corrected chi connectivity index (χ2v) is 4.38. The fourth-order valence-electron chi connectivity index (χ4n) is 2.36. The molecule has 0 radical (unpaired) electrons. The van der Waals surface area contributed by atoms with Gasteiger partial charge in [0.2, 0.25) is 0 Å². The molecule has 0 spiro atoms. The molecule has 2 aromatic rings. The highest BCUT2D eigenvalue weighted by atomic mass is 127. The van der Waals surface area contributed by atoms with Crippen LogP contribution < -0.4 is 4.90 Å². The van der Waals surface area contributed by atoms with Gasteiger partial charge in [-0.1, -0.05) is 54.6 Å². The average molecular weight is 349 g/mol. The number of hydrogen-bond donors (Lipinski definition) is 0. The zero-order valence-corrected chi connectivity index (χ0v) is 12.7. The molecule has 0 bridgehead atoms. The molecule has 0 saturated heterocycles. The van der Waals surface area contributed by atoms with Crippen molar-refractivity contribution in [1.29, 1.82) is 0 Å². The number of fused-ring (bicyclic) bond motifs is 1. The summed E-state index contributed by atoms with van der Waals surface area (Å²) in [5.41, 5.74) is 5.29. The number of anilines is 1. The van der Waals surface area contributed by atoms with Crippen LogP contribution in [0.1, 0.15) is 11.1 Å². The maximum Gasteiger partial charge on any atom is 0.0446 e. The van der Waals surface area contributed by atoms with E-state index < -0.39 is 0 Å². The SMILES string of the molecule is CN1CC=C(c2ccccc2)c2ccccc21.I. The lowest BCUT2D eigenvalue weighted by atomic mass is 9.93. The highest BCUT2D eigenvalue weighted by Gasteiger charge is 2.16. The minimum absolute atomic E-state index is 0. The second kappa shape index (κ2) is 5.57. The Balaban J connectivity index is 0.00000120. The number of likely N-dealkylation sites (N-methyl/N-ethyl adjacent to an activating group) is 1. The van der Waals surface area contributed by atoms with Crippen molar-refractivity contribution in [3.63, 3.8) is 0 Å². The third-order valence-electron chi connectivity index (χ3n) is 3.26. The number of para-hydroxylation sites is 1. The van der Waals surface area contributed by atoms with Gasteiger partial charge >= 0.3 is 0 Å². The predicted molar refractivity (Wildman–Crippen MR) is 88.6 cm³/mol. The Bertz CT molecular complexity index is 560. The third kappa shape index (κ3) is 2.29. The lowest BCUT2D eigenvalue weighted by Crippen LogP contribution is -2.21. The van der Waals surface area contributed by atoms with Crippen LogP contribution in [0.15, 0.2) is 60.7 Å². The predicted octanol–water partition coefficient (Wildman–Crippen LogP) is 4.19. The van der Waals surface area contributed by atoms with Crippen LogP contribution in [0.3, 0.4) is 0 Å². The van der Waals surface area contributed by atoms with E-state index in [1.165, 1.54) is 22.4 Å². The zero-order chi connectivity index (χ0) is 11.7. The normalized spacial score (nSPS) is 13.4. The minimum Gasteiger partial charge on any atom is -0.370 e. The first kappa shape index (κ1) is 13.1. The topological polar surface area (TPSA) is 3.24 Å². The van der Waals surface area contributed by atoms with Crippen LogP contribution in [0.2, 0.25) is 0 Å². The van der Waals surface area contributed by atoms with Gasteiger partial charge in [0, 0.05) is 24.8 Å². The summed E-state index contributed by atoms with van der Waals surface area (Å²) in [6.07, 6.45) is 2.30. The molecule has 0 unspecified atom stereocenters. The van der Waals surface area contributed by atoms with Gasteiger partial charge in [-0.15, -0.1) is 24.0 Å². The monoisotopic (exact) mass is 349 g/mol. The molecule has 0 aromatic heterocycles. The van der Waals surface area contributed by atoms with Crippen molar-refractivity contribution < 1.29 is 0 Å². The molecule has 1 nitrogen and oxygen atoms in total. The van der Waals surface area contributed by atoms with Crippen molar-refractivity contribution in [2.45, 2.75) is 0 Å². The Labute approximate surface area is 125 Å². The molecule has 18 heavy (non-hydrogen) atoms. The lowest BCUT2D eigenvalue weighted by molar-refractivity contribution is 1.01. The zero-order valence-electron chi connectivity index (χ0n) is 10.3. The first-order valence-corrected chi connectivity index (χ1v) is 5.92. The second-order valence-electron chi connectivity index (χ2n) is 4.38. The van der Waals surface area contributed by atoms with Gasteiger partial charge in [0.1, 0.15) is 0 Å². The molecule has 0 fully saturated rings. The van der Waals surface area contributed by atoms with Crippen LogP contribution in [-0.4, -0.2) is 13.6 Å². The van der Waals surface area contributed by atoms with Gasteiger partial charge in [0.25, 0.3) is 0 Å². The van der Waals surface area contributed by atoms with E-state index in [4.69, 9.17) is 0 Å². The summed E-state index contributed by atoms with van der Waals surface area (Å²) in [6.45, 7) is 0.973. The minimum atomic E-state index is 0. The fourth-order valence-corrected chi connectivity index (χ4v) is 2.36. The standard InChI is InChI=1S/C16H15N.HI/c1-17-12-11-14(13-7-3-2-4-8-13)15-9-5-6-10-16(15)17;/h2-11H,12H2,1H3;1H. The molecule has 92 valence electrons. The highest BCUT2D eigenvalue weighted by Crippen LogP contribution is 2.34. The number of rotatable bonds is 1. The Morgan fingerprint density at radius 1 is 0.889 bits per heavy atom. The first-order valence-electron chi connectivity index (χ1n) is 5.92. The quantitative estimate of drug-likeness (QED) is 0.698. The van der Waals surface area contributed by atoms with E-state index >= 15 is 0 Å². The largest absolute Gasteiger partial charge is 0.370 e. The van der Waals surface area contributed by atoms with Gasteiger partial charge < -0.3 is 4.90 Å². The van der Waals surface area contributed by atoms with Crippen LogP contribution in [0.4, 0.5) is 5.69 Å². The number of hydrogen-bond acceptors (Lipinski definition) is 1. The number of halogens is 1. The summed E-state index contributed by atoms with van der Waals surface area (Å²) in [6, 6.07) is 19.2. The molecule has 0 saturated carbocycles. The van der Waals surface area contributed by atoms with Gasteiger partial charge in [0.05, 0.1) is 0 Å². The summed E-state index contributed by atoms with van der Waals surface area (Å²) in [5, 5.41) is 0. The average Bonchev–Trinajstić information content (AvgIpc) is 2.41. The summed E-state index contributed by atoms with van der Waals surface area (Å²) in [7, 11) is 2.14. The molecule has 1 aliphatic rings. The van der Waals surface area contributed by atoms with Gasteiger partial charge in [-0.05, 0) is 17.2 Å². The number of benzene rings is 2. The van der Waals surface area contributed by atoms with Crippen LogP contribution in [0, 0.1) is 0 Å². The van der Waals surface area contributed by atoms with Crippen LogP contribution in [-0.2, 0) is 0 Å². The Morgan fingerprint density at radius 2 is 1.56 bits per heavy atom. The molecule has 1 heterocycles. The molecule has 0 amide bonds. The van der Waals surface area contributed by atoms with Crippen LogP contribution >= 0.6 is 24.0 Å². The highest BCUT2D eigenvalue weighted by molar-refractivity contribution is 14.0. The summed E-state index contributed by atoms with van der Waals surface area (Å²) < 4.78 is 0. The molecule has 0 N–H and O–H groups in total. The molecule has 1 aliphatic heterocycles. The fraction of sp³-hybridized carbons (Fsp3) is 0.125. The smallest absolute Gasteiger partial charge is 0.0446 e. The maximum absolute atomic E-state index is 2.30. The lowest BCUT2D eigenvalue weighted by Gasteiger charge is -2.27. The van der Waals surface area contributed by atoms with Crippen molar-refractivity contribution >= 4 is 35.2 Å². The summed E-state index contributed by atoms with van der Waals surface area (Å²) >= 11 is 0. The molecular weight excluding hydrogens is 333 g/mol. The molecule has 2 heteroatoms.